The van der Waals surface area contributed by atoms with Gasteiger partial charge < -0.3 is 4.42 Å². The van der Waals surface area contributed by atoms with Gasteiger partial charge in [0.05, 0.1) is 13.5 Å². The largest absolute Gasteiger partial charge is 0.455 e. The molecule has 0 bridgehead atoms. The third-order valence-electron chi connectivity index (χ3n) is 5.17. The highest BCUT2D eigenvalue weighted by Crippen LogP contribution is 2.40. The van der Waals surface area contributed by atoms with Crippen LogP contribution in [-0.4, -0.2) is 0 Å². The Bertz CT molecular complexity index is 1510. The van der Waals surface area contributed by atoms with Gasteiger partial charge in [-0.2, -0.15) is 4.57 Å². The third kappa shape index (κ3) is 2.44. The van der Waals surface area contributed by atoms with Crippen molar-refractivity contribution in [3.63, 3.8) is 0 Å². The van der Waals surface area contributed by atoms with Crippen molar-refractivity contribution in [1.29, 1.82) is 0 Å². The fourth-order valence-corrected chi connectivity index (χ4v) is 3.59. The van der Waals surface area contributed by atoms with Crippen LogP contribution >= 0.6 is 0 Å². The first kappa shape index (κ1) is 10.9. The van der Waals surface area contributed by atoms with E-state index in [0.29, 0.717) is 55.7 Å². The van der Waals surface area contributed by atoms with Crippen molar-refractivity contribution in [2.24, 2.45) is 7.05 Å². The first-order chi connectivity index (χ1) is 15.7. The molecule has 0 unspecified atom stereocenters. The summed E-state index contributed by atoms with van der Waals surface area (Å²) in [6.07, 6.45) is 0. The van der Waals surface area contributed by atoms with Crippen LogP contribution in [0.3, 0.4) is 0 Å². The van der Waals surface area contributed by atoms with E-state index in [1.54, 1.807) is 56.7 Å². The Labute approximate surface area is 169 Å². The Morgan fingerprint density at radius 1 is 1.11 bits per heavy atom. The number of furan rings is 1. The van der Waals surface area contributed by atoms with E-state index >= 15 is 0 Å². The lowest BCUT2D eigenvalue weighted by Crippen LogP contribution is -2.36. The molecule has 0 spiro atoms. The zero-order chi connectivity index (χ0) is 25.3. The molecule has 0 radical (unpaired) electrons. The summed E-state index contributed by atoms with van der Waals surface area (Å²) in [7, 11) is 1.69. The van der Waals surface area contributed by atoms with Crippen molar-refractivity contribution in [3.05, 3.63) is 69.7 Å². The van der Waals surface area contributed by atoms with E-state index in [0.717, 1.165) is 0 Å². The molecule has 0 saturated carbocycles. The standard InChI is InChI=1S/C24H23N2O/c1-13-11-20(26(7)17(5)16(13)4)23-15(3)10-14(2)22-19-12-18(25-6)8-9-21(19)27-24(22)23/h8-12H,1-5,7H3/q+1/i2D3,4D3,11D. The van der Waals surface area contributed by atoms with Gasteiger partial charge >= 0.3 is 0 Å². The van der Waals surface area contributed by atoms with E-state index in [1.165, 1.54) is 0 Å². The molecule has 27 heavy (non-hydrogen) atoms. The Morgan fingerprint density at radius 3 is 2.63 bits per heavy atom. The summed E-state index contributed by atoms with van der Waals surface area (Å²) in [5.41, 5.74) is 3.70. The number of pyridine rings is 1. The molecule has 2 aromatic heterocycles. The van der Waals surface area contributed by atoms with Gasteiger partial charge in [0.15, 0.2) is 11.4 Å². The number of hydrogen-bond donors (Lipinski definition) is 0. The molecule has 4 rings (SSSR count). The van der Waals surface area contributed by atoms with Crippen molar-refractivity contribution < 1.29 is 18.6 Å². The molecular weight excluding hydrogens is 332 g/mol. The molecule has 0 fully saturated rings. The zero-order valence-electron chi connectivity index (χ0n) is 22.6. The molecule has 134 valence electrons. The second-order valence-electron chi connectivity index (χ2n) is 6.83. The lowest BCUT2D eigenvalue weighted by atomic mass is 9.95. The monoisotopic (exact) mass is 362 g/mol. The van der Waals surface area contributed by atoms with Gasteiger partial charge in [-0.15, -0.1) is 0 Å². The van der Waals surface area contributed by atoms with Crippen molar-refractivity contribution in [2.45, 2.75) is 34.5 Å². The van der Waals surface area contributed by atoms with E-state index in [9.17, 15) is 0 Å². The van der Waals surface area contributed by atoms with Crippen molar-refractivity contribution in [3.8, 4) is 11.3 Å². The highest BCUT2D eigenvalue weighted by molar-refractivity contribution is 6.12. The molecule has 2 heterocycles. The average Bonchev–Trinajstić information content (AvgIpc) is 3.10. The summed E-state index contributed by atoms with van der Waals surface area (Å²) >= 11 is 0. The molecular formula is C24H23N2O+. The maximum atomic E-state index is 8.87. The summed E-state index contributed by atoms with van der Waals surface area (Å²) in [5.74, 6) is 0. The van der Waals surface area contributed by atoms with Crippen LogP contribution in [0.2, 0.25) is 0 Å². The van der Waals surface area contributed by atoms with Gasteiger partial charge in [-0.1, -0.05) is 12.1 Å². The maximum Gasteiger partial charge on any atom is 0.216 e. The summed E-state index contributed by atoms with van der Waals surface area (Å²) in [6, 6.07) is 6.47. The predicted octanol–water partition coefficient (Wildman–Crippen LogP) is 6.17. The maximum absolute atomic E-state index is 8.87. The molecule has 0 amide bonds. The number of aryl methyl sites for hydroxylation is 2. The van der Waals surface area contributed by atoms with Crippen LogP contribution < -0.4 is 4.57 Å². The fourth-order valence-electron chi connectivity index (χ4n) is 3.59. The van der Waals surface area contributed by atoms with Gasteiger partial charge in [0.2, 0.25) is 5.69 Å². The first-order valence-electron chi connectivity index (χ1n) is 12.1. The topological polar surface area (TPSA) is 21.4 Å². The Morgan fingerprint density at radius 2 is 1.93 bits per heavy atom. The average molecular weight is 363 g/mol. The van der Waals surface area contributed by atoms with E-state index < -0.39 is 13.7 Å². The number of rotatable bonds is 1. The van der Waals surface area contributed by atoms with Gasteiger partial charge in [0.1, 0.15) is 18.2 Å². The molecule has 3 heteroatoms. The number of benzene rings is 2. The molecule has 4 aromatic rings. The minimum atomic E-state index is -2.44. The SMILES string of the molecule is [2H]c1c(C)c(C([2H])([2H])[2H])c(C)[n+](C)c1-c1c(C)cc(C([2H])([2H])[2H])c2c1oc1ccc([N+]#[C-])cc12. The van der Waals surface area contributed by atoms with Crippen LogP contribution in [-0.2, 0) is 7.05 Å². The minimum absolute atomic E-state index is 0.0348. The first-order valence-corrected chi connectivity index (χ1v) is 8.57. The van der Waals surface area contributed by atoms with Crippen molar-refractivity contribution >= 4 is 27.6 Å². The number of nitrogens with zero attached hydrogens (tertiary/aromatic N) is 2. The zero-order valence-corrected chi connectivity index (χ0v) is 15.6. The van der Waals surface area contributed by atoms with Crippen molar-refractivity contribution in [2.75, 3.05) is 0 Å². The van der Waals surface area contributed by atoms with Gasteiger partial charge in [-0.25, -0.2) is 4.85 Å². The van der Waals surface area contributed by atoms with E-state index in [2.05, 4.69) is 4.85 Å². The van der Waals surface area contributed by atoms with Gasteiger partial charge in [0.25, 0.3) is 0 Å². The second-order valence-corrected chi connectivity index (χ2v) is 6.83. The molecule has 0 aliphatic rings. The molecule has 0 aliphatic carbocycles. The van der Waals surface area contributed by atoms with Crippen LogP contribution in [0.4, 0.5) is 5.69 Å². The Balaban J connectivity index is 2.24. The molecule has 0 saturated heterocycles. The second kappa shape index (κ2) is 5.96. The molecule has 0 atom stereocenters. The van der Waals surface area contributed by atoms with Crippen LogP contribution in [0, 0.1) is 41.0 Å². The van der Waals surface area contributed by atoms with Gasteiger partial charge in [-0.3, -0.25) is 0 Å². The molecule has 0 N–H and O–H groups in total. The Kier molecular flexibility index (Phi) is 2.40. The fraction of sp³-hybridized carbons (Fsp3) is 0.250. The Hall–Kier alpha value is -3.12. The molecule has 0 aliphatic heterocycles. The number of fused-ring (bicyclic) bond motifs is 3. The molecule has 2 aromatic carbocycles. The minimum Gasteiger partial charge on any atom is -0.455 e. The number of hydrogen-bond acceptors (Lipinski definition) is 1. The van der Waals surface area contributed by atoms with Crippen LogP contribution in [0.25, 0.3) is 38.0 Å². The smallest absolute Gasteiger partial charge is 0.216 e. The van der Waals surface area contributed by atoms with E-state index in [1.807, 2.05) is 0 Å². The highest BCUT2D eigenvalue weighted by atomic mass is 16.3. The lowest BCUT2D eigenvalue weighted by Gasteiger charge is -2.11. The lowest BCUT2D eigenvalue weighted by molar-refractivity contribution is -0.667. The highest BCUT2D eigenvalue weighted by Gasteiger charge is 2.24. The normalized spacial score (nSPS) is 16.0. The summed E-state index contributed by atoms with van der Waals surface area (Å²) in [5, 5.41) is 0.883. The summed E-state index contributed by atoms with van der Waals surface area (Å²) in [6.45, 7) is 7.60. The predicted molar refractivity (Wildman–Crippen MR) is 110 cm³/mol. The quantitative estimate of drug-likeness (QED) is 0.293. The van der Waals surface area contributed by atoms with Crippen LogP contribution in [0.1, 0.15) is 37.5 Å². The van der Waals surface area contributed by atoms with Crippen molar-refractivity contribution in [1.82, 2.24) is 0 Å². The van der Waals surface area contributed by atoms with Gasteiger partial charge in [-0.05, 0) is 56.4 Å². The third-order valence-corrected chi connectivity index (χ3v) is 5.17. The van der Waals surface area contributed by atoms with Gasteiger partial charge in [0, 0.05) is 37.5 Å². The van der Waals surface area contributed by atoms with E-state index in [4.69, 9.17) is 20.6 Å². The molecule has 3 nitrogen and oxygen atoms in total. The van der Waals surface area contributed by atoms with Crippen LogP contribution in [0.5, 0.6) is 0 Å². The van der Waals surface area contributed by atoms with Crippen LogP contribution in [0.15, 0.2) is 34.7 Å². The summed E-state index contributed by atoms with van der Waals surface area (Å²) in [4.78, 5) is 3.46. The summed E-state index contributed by atoms with van der Waals surface area (Å²) < 4.78 is 64.9. The van der Waals surface area contributed by atoms with E-state index in [-0.39, 0.29) is 17.2 Å². The number of aromatic nitrogens is 1.